The number of aromatic nitrogens is 3. The van der Waals surface area contributed by atoms with Gasteiger partial charge in [-0.1, -0.05) is 37.3 Å². The van der Waals surface area contributed by atoms with Gasteiger partial charge in [-0.25, -0.2) is 0 Å². The summed E-state index contributed by atoms with van der Waals surface area (Å²) in [6, 6.07) is 23.6. The molecule has 37 heavy (non-hydrogen) atoms. The Kier molecular flexibility index (Phi) is 7.56. The smallest absolute Gasteiger partial charge is 0.226 e. The Morgan fingerprint density at radius 2 is 1.78 bits per heavy atom. The van der Waals surface area contributed by atoms with Gasteiger partial charge in [0.25, 0.3) is 0 Å². The summed E-state index contributed by atoms with van der Waals surface area (Å²) in [5, 5.41) is 7.18. The van der Waals surface area contributed by atoms with Crippen molar-refractivity contribution >= 4 is 28.9 Å². The molecule has 4 aromatic rings. The SMILES string of the molecule is CCc1ccccc1NC(=O)CCN1C(=S)N[C@@H](c2ccccn2)[C@H]1c1cccn1Cc1ccccn1. The molecule has 1 amide bonds. The number of para-hydroxylation sites is 1. The first kappa shape index (κ1) is 24.6. The molecule has 0 unspecified atom stereocenters. The van der Waals surface area contributed by atoms with Crippen molar-refractivity contribution in [3.8, 4) is 0 Å². The molecule has 1 aliphatic rings. The Hall–Kier alpha value is -4.04. The van der Waals surface area contributed by atoms with E-state index in [1.165, 1.54) is 0 Å². The van der Waals surface area contributed by atoms with Crippen molar-refractivity contribution in [2.45, 2.75) is 38.4 Å². The Morgan fingerprint density at radius 1 is 1.00 bits per heavy atom. The van der Waals surface area contributed by atoms with E-state index in [1.54, 1.807) is 6.20 Å². The van der Waals surface area contributed by atoms with Crippen LogP contribution in [-0.4, -0.2) is 37.0 Å². The van der Waals surface area contributed by atoms with Crippen LogP contribution in [0.4, 0.5) is 5.69 Å². The average molecular weight is 511 g/mol. The maximum absolute atomic E-state index is 13.0. The lowest BCUT2D eigenvalue weighted by Crippen LogP contribution is -2.33. The number of hydrogen-bond donors (Lipinski definition) is 2. The molecular formula is C29H30N6OS. The molecule has 1 saturated heterocycles. The van der Waals surface area contributed by atoms with Crippen LogP contribution in [0, 0.1) is 0 Å². The maximum Gasteiger partial charge on any atom is 0.226 e. The van der Waals surface area contributed by atoms with Crippen LogP contribution in [0.2, 0.25) is 0 Å². The van der Waals surface area contributed by atoms with Gasteiger partial charge in [0.05, 0.1) is 30.0 Å². The molecule has 1 fully saturated rings. The topological polar surface area (TPSA) is 75.1 Å². The largest absolute Gasteiger partial charge is 0.352 e. The van der Waals surface area contributed by atoms with Gasteiger partial charge in [-0.2, -0.15) is 0 Å². The van der Waals surface area contributed by atoms with Crippen LogP contribution < -0.4 is 10.6 Å². The first-order valence-electron chi connectivity index (χ1n) is 12.5. The molecule has 0 aliphatic carbocycles. The van der Waals surface area contributed by atoms with Crippen molar-refractivity contribution in [2.75, 3.05) is 11.9 Å². The van der Waals surface area contributed by atoms with E-state index >= 15 is 0 Å². The molecule has 2 N–H and O–H groups in total. The van der Waals surface area contributed by atoms with Crippen LogP contribution in [0.15, 0.2) is 91.4 Å². The number of amides is 1. The summed E-state index contributed by atoms with van der Waals surface area (Å²) < 4.78 is 2.20. The molecule has 1 aliphatic heterocycles. The summed E-state index contributed by atoms with van der Waals surface area (Å²) >= 11 is 5.80. The lowest BCUT2D eigenvalue weighted by molar-refractivity contribution is -0.116. The molecule has 8 heteroatoms. The summed E-state index contributed by atoms with van der Waals surface area (Å²) in [6.45, 7) is 3.21. The summed E-state index contributed by atoms with van der Waals surface area (Å²) in [5.74, 6) is -0.0346. The molecular weight excluding hydrogens is 480 g/mol. The third-order valence-corrected chi connectivity index (χ3v) is 7.03. The summed E-state index contributed by atoms with van der Waals surface area (Å²) in [7, 11) is 0. The summed E-state index contributed by atoms with van der Waals surface area (Å²) in [4.78, 5) is 24.2. The number of carbonyl (C=O) groups is 1. The highest BCUT2D eigenvalue weighted by molar-refractivity contribution is 7.80. The van der Waals surface area contributed by atoms with Crippen LogP contribution in [0.1, 0.15) is 48.1 Å². The Labute approximate surface area is 222 Å². The van der Waals surface area contributed by atoms with Gasteiger partial charge in [0.15, 0.2) is 5.11 Å². The highest BCUT2D eigenvalue weighted by atomic mass is 32.1. The number of aryl methyl sites for hydroxylation is 1. The second-order valence-corrected chi connectivity index (χ2v) is 9.40. The van der Waals surface area contributed by atoms with Gasteiger partial charge in [0, 0.05) is 42.9 Å². The first-order chi connectivity index (χ1) is 18.1. The minimum atomic E-state index is -0.144. The Balaban J connectivity index is 1.40. The highest BCUT2D eigenvalue weighted by Gasteiger charge is 2.41. The lowest BCUT2D eigenvalue weighted by Gasteiger charge is -2.28. The van der Waals surface area contributed by atoms with Gasteiger partial charge in [0.2, 0.25) is 5.91 Å². The van der Waals surface area contributed by atoms with Gasteiger partial charge in [-0.3, -0.25) is 14.8 Å². The van der Waals surface area contributed by atoms with Crippen molar-refractivity contribution in [3.63, 3.8) is 0 Å². The fraction of sp³-hybridized carbons (Fsp3) is 0.241. The van der Waals surface area contributed by atoms with E-state index in [0.29, 0.717) is 24.6 Å². The molecule has 0 spiro atoms. The molecule has 4 heterocycles. The van der Waals surface area contributed by atoms with Gasteiger partial charge >= 0.3 is 0 Å². The predicted octanol–water partition coefficient (Wildman–Crippen LogP) is 4.89. The Bertz CT molecular complexity index is 1360. The van der Waals surface area contributed by atoms with Gasteiger partial charge in [0.1, 0.15) is 0 Å². The van der Waals surface area contributed by atoms with E-state index in [-0.39, 0.29) is 18.0 Å². The standard InChI is InChI=1S/C29H30N6OS/c1-2-21-10-3-4-12-23(21)32-26(36)15-19-35-28(27(33-29(35)37)24-13-6-8-17-31-24)25-14-9-18-34(25)20-22-11-5-7-16-30-22/h3-14,16-18,27-28H,2,15,19-20H2,1H3,(H,32,36)(H,33,37)/t27-,28+/m0/s1. The normalized spacial score (nSPS) is 17.0. The zero-order valence-corrected chi connectivity index (χ0v) is 21.6. The molecule has 5 rings (SSSR count). The number of nitrogens with zero attached hydrogens (tertiary/aromatic N) is 4. The lowest BCUT2D eigenvalue weighted by atomic mass is 10.0. The van der Waals surface area contributed by atoms with Gasteiger partial charge < -0.3 is 20.1 Å². The van der Waals surface area contributed by atoms with E-state index in [9.17, 15) is 4.79 Å². The molecule has 3 aromatic heterocycles. The number of pyridine rings is 2. The van der Waals surface area contributed by atoms with Crippen LogP contribution in [-0.2, 0) is 17.8 Å². The molecule has 0 bridgehead atoms. The maximum atomic E-state index is 13.0. The fourth-order valence-electron chi connectivity index (χ4n) is 4.86. The van der Waals surface area contributed by atoms with Crippen LogP contribution in [0.25, 0.3) is 0 Å². The van der Waals surface area contributed by atoms with E-state index in [2.05, 4.69) is 49.3 Å². The number of hydrogen-bond acceptors (Lipinski definition) is 4. The van der Waals surface area contributed by atoms with E-state index in [4.69, 9.17) is 12.2 Å². The number of anilines is 1. The van der Waals surface area contributed by atoms with E-state index in [1.807, 2.05) is 72.9 Å². The van der Waals surface area contributed by atoms with Gasteiger partial charge in [-0.05, 0) is 66.7 Å². The zero-order chi connectivity index (χ0) is 25.6. The Morgan fingerprint density at radius 3 is 2.54 bits per heavy atom. The summed E-state index contributed by atoms with van der Waals surface area (Å²) in [5.41, 5.74) is 4.96. The second-order valence-electron chi connectivity index (χ2n) is 9.01. The van der Waals surface area contributed by atoms with Crippen molar-refractivity contribution in [1.82, 2.24) is 24.8 Å². The molecule has 188 valence electrons. The van der Waals surface area contributed by atoms with Gasteiger partial charge in [-0.15, -0.1) is 0 Å². The van der Waals surface area contributed by atoms with Crippen molar-refractivity contribution in [3.05, 3.63) is 114 Å². The monoisotopic (exact) mass is 510 g/mol. The minimum absolute atomic E-state index is 0.0346. The van der Waals surface area contributed by atoms with Crippen molar-refractivity contribution < 1.29 is 4.79 Å². The number of benzene rings is 1. The number of thiocarbonyl (C=S) groups is 1. The van der Waals surface area contributed by atoms with Crippen molar-refractivity contribution in [1.29, 1.82) is 0 Å². The minimum Gasteiger partial charge on any atom is -0.352 e. The molecule has 7 nitrogen and oxygen atoms in total. The third kappa shape index (κ3) is 5.54. The number of nitrogens with one attached hydrogen (secondary N) is 2. The van der Waals surface area contributed by atoms with E-state index < -0.39 is 0 Å². The van der Waals surface area contributed by atoms with Crippen LogP contribution >= 0.6 is 12.2 Å². The van der Waals surface area contributed by atoms with E-state index in [0.717, 1.165) is 34.8 Å². The van der Waals surface area contributed by atoms with Crippen LogP contribution in [0.3, 0.4) is 0 Å². The van der Waals surface area contributed by atoms with Crippen molar-refractivity contribution in [2.24, 2.45) is 0 Å². The molecule has 0 radical (unpaired) electrons. The van der Waals surface area contributed by atoms with Crippen LogP contribution in [0.5, 0.6) is 0 Å². The average Bonchev–Trinajstić information content (AvgIpc) is 3.52. The molecule has 1 aromatic carbocycles. The predicted molar refractivity (Wildman–Crippen MR) is 149 cm³/mol. The molecule has 0 saturated carbocycles. The first-order valence-corrected chi connectivity index (χ1v) is 13.0. The number of rotatable bonds is 9. The molecule has 2 atom stereocenters. The quantitative estimate of drug-likeness (QED) is 0.312. The fourth-order valence-corrected chi connectivity index (χ4v) is 5.19. The highest BCUT2D eigenvalue weighted by Crippen LogP contribution is 2.39. The zero-order valence-electron chi connectivity index (χ0n) is 20.7. The second kappa shape index (κ2) is 11.3. The summed E-state index contributed by atoms with van der Waals surface area (Å²) in [6.07, 6.45) is 6.84. The number of carbonyl (C=O) groups excluding carboxylic acids is 1. The third-order valence-electron chi connectivity index (χ3n) is 6.68.